The summed E-state index contributed by atoms with van der Waals surface area (Å²) in [6.45, 7) is 4.61. The lowest BCUT2D eigenvalue weighted by Gasteiger charge is -2.34. The van der Waals surface area contributed by atoms with Crippen LogP contribution in [0.25, 0.3) is 55.3 Å². The maximum atomic E-state index is 6.44. The van der Waals surface area contributed by atoms with Gasteiger partial charge >= 0.3 is 0 Å². The number of rotatable bonds is 2. The van der Waals surface area contributed by atoms with E-state index in [0.717, 1.165) is 11.5 Å². The molecule has 3 aliphatic rings. The zero-order valence-corrected chi connectivity index (χ0v) is 28.6. The molecule has 1 nitrogen and oxygen atoms in total. The van der Waals surface area contributed by atoms with Crippen molar-refractivity contribution in [3.05, 3.63) is 203 Å². The zero-order valence-electron chi connectivity index (χ0n) is 28.6. The minimum absolute atomic E-state index is 0.186. The van der Waals surface area contributed by atoms with Gasteiger partial charge in [0, 0.05) is 16.5 Å². The van der Waals surface area contributed by atoms with Crippen LogP contribution < -0.4 is 4.74 Å². The first-order chi connectivity index (χ1) is 25.0. The van der Waals surface area contributed by atoms with Crippen LogP contribution >= 0.6 is 0 Å². The molecule has 2 aliphatic carbocycles. The largest absolute Gasteiger partial charge is 0.457 e. The predicted octanol–water partition coefficient (Wildman–Crippen LogP) is 12.9. The lowest BCUT2D eigenvalue weighted by Crippen LogP contribution is -2.25. The summed E-state index contributed by atoms with van der Waals surface area (Å²) in [5.74, 6) is 1.88. The van der Waals surface area contributed by atoms with Gasteiger partial charge in [-0.15, -0.1) is 0 Å². The molecule has 1 aliphatic heterocycles. The normalized spacial score (nSPS) is 16.8. The summed E-state index contributed by atoms with van der Waals surface area (Å²) in [6, 6.07) is 63.1. The smallest absolute Gasteiger partial charge is 0.131 e. The fourth-order valence-corrected chi connectivity index (χ4v) is 9.59. The summed E-state index contributed by atoms with van der Waals surface area (Å²) in [5, 5.41) is 2.55. The molecule has 11 rings (SSSR count). The van der Waals surface area contributed by atoms with Crippen molar-refractivity contribution in [2.24, 2.45) is 0 Å². The molecular formula is C50H34O. The summed E-state index contributed by atoms with van der Waals surface area (Å²) in [6.07, 6.45) is 0. The van der Waals surface area contributed by atoms with Crippen molar-refractivity contribution in [1.82, 2.24) is 0 Å². The molecule has 1 atom stereocenters. The topological polar surface area (TPSA) is 9.23 Å². The van der Waals surface area contributed by atoms with Crippen LogP contribution in [0.1, 0.15) is 47.2 Å². The van der Waals surface area contributed by atoms with Crippen LogP contribution in [0.15, 0.2) is 170 Å². The molecule has 0 fully saturated rings. The first kappa shape index (κ1) is 28.6. The third-order valence-electron chi connectivity index (χ3n) is 11.9. The van der Waals surface area contributed by atoms with Gasteiger partial charge < -0.3 is 4.74 Å². The van der Waals surface area contributed by atoms with Gasteiger partial charge in [-0.3, -0.25) is 0 Å². The molecule has 1 spiro atoms. The van der Waals surface area contributed by atoms with Gasteiger partial charge in [0.15, 0.2) is 0 Å². The van der Waals surface area contributed by atoms with Gasteiger partial charge in [-0.05, 0) is 114 Å². The first-order valence-electron chi connectivity index (χ1n) is 17.9. The second kappa shape index (κ2) is 10.2. The number of benzene rings is 8. The maximum Gasteiger partial charge on any atom is 0.131 e. The van der Waals surface area contributed by atoms with Gasteiger partial charge in [0.1, 0.15) is 11.5 Å². The monoisotopic (exact) mass is 650 g/mol. The van der Waals surface area contributed by atoms with Crippen LogP contribution in [0.2, 0.25) is 0 Å². The molecule has 0 saturated heterocycles. The molecular weight excluding hydrogens is 617 g/mol. The lowest BCUT2D eigenvalue weighted by molar-refractivity contribution is 0.418. The first-order valence-corrected chi connectivity index (χ1v) is 17.9. The van der Waals surface area contributed by atoms with Crippen molar-refractivity contribution in [1.29, 1.82) is 0 Å². The molecule has 8 aromatic rings. The van der Waals surface area contributed by atoms with E-state index in [2.05, 4.69) is 184 Å². The third-order valence-corrected chi connectivity index (χ3v) is 11.9. The highest BCUT2D eigenvalue weighted by molar-refractivity contribution is 6.00. The average molecular weight is 651 g/mol. The second-order valence-corrected chi connectivity index (χ2v) is 14.8. The highest BCUT2D eigenvalue weighted by atomic mass is 16.5. The van der Waals surface area contributed by atoms with E-state index in [4.69, 9.17) is 4.74 Å². The van der Waals surface area contributed by atoms with E-state index >= 15 is 0 Å². The minimum atomic E-state index is -0.409. The Morgan fingerprint density at radius 3 is 1.51 bits per heavy atom. The van der Waals surface area contributed by atoms with Gasteiger partial charge in [0.05, 0.1) is 5.41 Å². The quantitative estimate of drug-likeness (QED) is 0.181. The highest BCUT2D eigenvalue weighted by Gasteiger charge is 2.51. The van der Waals surface area contributed by atoms with Gasteiger partial charge in [-0.1, -0.05) is 147 Å². The molecule has 240 valence electrons. The van der Waals surface area contributed by atoms with Crippen molar-refractivity contribution < 1.29 is 4.74 Å². The Labute approximate surface area is 298 Å². The van der Waals surface area contributed by atoms with Crippen molar-refractivity contribution >= 4 is 10.8 Å². The summed E-state index contributed by atoms with van der Waals surface area (Å²) < 4.78 is 6.44. The average Bonchev–Trinajstić information content (AvgIpc) is 3.63. The van der Waals surface area contributed by atoms with E-state index in [9.17, 15) is 0 Å². The molecule has 0 bridgehead atoms. The number of hydrogen-bond donors (Lipinski definition) is 0. The third kappa shape index (κ3) is 3.76. The standard InChI is InChI=1S/C50H34O/c1-49(2)43-21-11-12-22-47(43)51-48-26-24-34(30-46(48)49)36-16-6-5-15-35(36)33-23-25-39-37-17-7-9-19-41(37)50(44(39)29-33)42-20-10-8-18-38(42)40-27-31-13-3-4-14-32(31)28-45(40)50/h3-30H,1-2H3. The summed E-state index contributed by atoms with van der Waals surface area (Å²) in [7, 11) is 0. The molecule has 0 radical (unpaired) electrons. The highest BCUT2D eigenvalue weighted by Crippen LogP contribution is 2.63. The molecule has 8 aromatic carbocycles. The Bertz CT molecular complexity index is 2770. The van der Waals surface area contributed by atoms with Crippen LogP contribution in [0.3, 0.4) is 0 Å². The molecule has 51 heavy (non-hydrogen) atoms. The van der Waals surface area contributed by atoms with E-state index in [1.165, 1.54) is 88.7 Å². The van der Waals surface area contributed by atoms with Crippen molar-refractivity contribution in [3.63, 3.8) is 0 Å². The van der Waals surface area contributed by atoms with Gasteiger partial charge in [-0.25, -0.2) is 0 Å². The second-order valence-electron chi connectivity index (χ2n) is 14.8. The van der Waals surface area contributed by atoms with E-state index in [0.29, 0.717) is 0 Å². The van der Waals surface area contributed by atoms with Crippen molar-refractivity contribution in [2.45, 2.75) is 24.7 Å². The summed E-state index contributed by atoms with van der Waals surface area (Å²) in [5.41, 5.74) is 17.5. The molecule has 1 heterocycles. The van der Waals surface area contributed by atoms with E-state index in [1.54, 1.807) is 0 Å². The van der Waals surface area contributed by atoms with Crippen LogP contribution in [0.5, 0.6) is 11.5 Å². The molecule has 0 N–H and O–H groups in total. The molecule has 0 amide bonds. The Morgan fingerprint density at radius 2 is 0.804 bits per heavy atom. The van der Waals surface area contributed by atoms with E-state index in [1.807, 2.05) is 0 Å². The van der Waals surface area contributed by atoms with Crippen LogP contribution in [-0.2, 0) is 10.8 Å². The Hall–Kier alpha value is -6.18. The molecule has 1 heteroatoms. The van der Waals surface area contributed by atoms with Crippen molar-refractivity contribution in [2.75, 3.05) is 0 Å². The van der Waals surface area contributed by atoms with Crippen LogP contribution in [0, 0.1) is 0 Å². The Morgan fingerprint density at radius 1 is 0.333 bits per heavy atom. The van der Waals surface area contributed by atoms with E-state index in [-0.39, 0.29) is 5.41 Å². The summed E-state index contributed by atoms with van der Waals surface area (Å²) in [4.78, 5) is 0. The Balaban J connectivity index is 1.14. The van der Waals surface area contributed by atoms with Gasteiger partial charge in [0.2, 0.25) is 0 Å². The molecule has 0 saturated carbocycles. The summed E-state index contributed by atoms with van der Waals surface area (Å²) >= 11 is 0. The number of hydrogen-bond acceptors (Lipinski definition) is 1. The maximum absolute atomic E-state index is 6.44. The van der Waals surface area contributed by atoms with E-state index < -0.39 is 5.41 Å². The number of para-hydroxylation sites is 1. The predicted molar refractivity (Wildman–Crippen MR) is 210 cm³/mol. The lowest BCUT2D eigenvalue weighted by atomic mass is 9.70. The van der Waals surface area contributed by atoms with Crippen LogP contribution in [0.4, 0.5) is 0 Å². The SMILES string of the molecule is CC1(C)c2ccccc2Oc2ccc(-c3ccccc3-c3ccc4c(c3)C3(c5ccccc5-4)c4ccccc4-c4cc5ccccc5cc43)cc21. The minimum Gasteiger partial charge on any atom is -0.457 e. The number of ether oxygens (including phenoxy) is 1. The number of fused-ring (bicyclic) bond motifs is 13. The fourth-order valence-electron chi connectivity index (χ4n) is 9.59. The van der Waals surface area contributed by atoms with Gasteiger partial charge in [0.25, 0.3) is 0 Å². The molecule has 1 unspecified atom stereocenters. The van der Waals surface area contributed by atoms with Crippen molar-refractivity contribution in [3.8, 4) is 56.0 Å². The van der Waals surface area contributed by atoms with Crippen LogP contribution in [-0.4, -0.2) is 0 Å². The zero-order chi connectivity index (χ0) is 33.9. The Kier molecular flexibility index (Phi) is 5.72. The fraction of sp³-hybridized carbons (Fsp3) is 0.0800. The van der Waals surface area contributed by atoms with Gasteiger partial charge in [-0.2, -0.15) is 0 Å². The molecule has 0 aromatic heterocycles.